The Morgan fingerprint density at radius 1 is 1.33 bits per heavy atom. The summed E-state index contributed by atoms with van der Waals surface area (Å²) in [4.78, 5) is 4.35. The van der Waals surface area contributed by atoms with Crippen molar-refractivity contribution in [1.29, 1.82) is 0 Å². The third kappa shape index (κ3) is 2.54. The number of hydrogen-bond acceptors (Lipinski definition) is 5. The van der Waals surface area contributed by atoms with E-state index in [0.717, 1.165) is 24.3 Å². The largest absolute Gasteiger partial charge is 0.347 e. The van der Waals surface area contributed by atoms with Gasteiger partial charge >= 0.3 is 0 Å². The van der Waals surface area contributed by atoms with E-state index < -0.39 is 0 Å². The van der Waals surface area contributed by atoms with Crippen molar-refractivity contribution in [3.05, 3.63) is 24.4 Å². The quantitative estimate of drug-likeness (QED) is 0.884. The van der Waals surface area contributed by atoms with Crippen LogP contribution in [0.15, 0.2) is 29.4 Å². The Kier molecular flexibility index (Phi) is 3.56. The summed E-state index contributed by atoms with van der Waals surface area (Å²) < 4.78 is 11.6. The van der Waals surface area contributed by atoms with E-state index in [1.54, 1.807) is 11.8 Å². The Morgan fingerprint density at radius 3 is 2.89 bits per heavy atom. The number of aromatic nitrogens is 1. The molecule has 0 radical (unpaired) electrons. The van der Waals surface area contributed by atoms with E-state index in [2.05, 4.69) is 4.98 Å². The third-order valence-corrected chi connectivity index (χ3v) is 4.87. The van der Waals surface area contributed by atoms with Crippen LogP contribution in [0.25, 0.3) is 0 Å². The number of nitrogens with zero attached hydrogens (tertiary/aromatic N) is 1. The summed E-state index contributed by atoms with van der Waals surface area (Å²) in [6.07, 6.45) is 4.53. The maximum absolute atomic E-state index is 6.22. The zero-order chi connectivity index (χ0) is 12.4. The lowest BCUT2D eigenvalue weighted by Gasteiger charge is -2.39. The molecule has 2 aliphatic rings. The van der Waals surface area contributed by atoms with Crippen LogP contribution in [0.4, 0.5) is 0 Å². The molecule has 1 aliphatic heterocycles. The molecule has 2 unspecified atom stereocenters. The third-order valence-electron chi connectivity index (χ3n) is 3.57. The number of ether oxygens (including phenoxy) is 2. The SMILES string of the molecule is NC1CCC2(CC1Sc1ccccn1)OCCO2. The van der Waals surface area contributed by atoms with Gasteiger partial charge in [0.1, 0.15) is 0 Å². The number of thioether (sulfide) groups is 1. The molecule has 2 fully saturated rings. The maximum Gasteiger partial charge on any atom is 0.169 e. The minimum Gasteiger partial charge on any atom is -0.347 e. The van der Waals surface area contributed by atoms with Crippen molar-refractivity contribution in [3.63, 3.8) is 0 Å². The fraction of sp³-hybridized carbons (Fsp3) is 0.615. The van der Waals surface area contributed by atoms with Crippen molar-refractivity contribution >= 4 is 11.8 Å². The number of hydrogen-bond donors (Lipinski definition) is 1. The first-order valence-electron chi connectivity index (χ1n) is 6.39. The first kappa shape index (κ1) is 12.4. The van der Waals surface area contributed by atoms with Gasteiger partial charge in [-0.15, -0.1) is 11.8 Å². The van der Waals surface area contributed by atoms with Gasteiger partial charge in [-0.3, -0.25) is 0 Å². The first-order chi connectivity index (χ1) is 8.77. The Hall–Kier alpha value is -0.620. The molecule has 1 saturated carbocycles. The molecule has 0 bridgehead atoms. The zero-order valence-electron chi connectivity index (χ0n) is 10.2. The second kappa shape index (κ2) is 5.17. The predicted octanol–water partition coefficient (Wildman–Crippen LogP) is 1.80. The second-order valence-electron chi connectivity index (χ2n) is 4.84. The fourth-order valence-electron chi connectivity index (χ4n) is 2.59. The van der Waals surface area contributed by atoms with Crippen molar-refractivity contribution in [2.75, 3.05) is 13.2 Å². The Balaban J connectivity index is 1.70. The highest BCUT2D eigenvalue weighted by atomic mass is 32.2. The van der Waals surface area contributed by atoms with E-state index >= 15 is 0 Å². The lowest BCUT2D eigenvalue weighted by molar-refractivity contribution is -0.176. The Bertz CT molecular complexity index is 395. The van der Waals surface area contributed by atoms with Crippen LogP contribution >= 0.6 is 11.8 Å². The van der Waals surface area contributed by atoms with E-state index in [4.69, 9.17) is 15.2 Å². The minimum atomic E-state index is -0.373. The highest BCUT2D eigenvalue weighted by Gasteiger charge is 2.44. The van der Waals surface area contributed by atoms with Gasteiger partial charge in [-0.05, 0) is 18.6 Å². The van der Waals surface area contributed by atoms with Crippen molar-refractivity contribution < 1.29 is 9.47 Å². The van der Waals surface area contributed by atoms with Crippen molar-refractivity contribution in [3.8, 4) is 0 Å². The summed E-state index contributed by atoms with van der Waals surface area (Å²) in [6.45, 7) is 1.41. The fourth-order valence-corrected chi connectivity index (χ4v) is 3.83. The average Bonchev–Trinajstić information content (AvgIpc) is 2.84. The monoisotopic (exact) mass is 266 g/mol. The molecular formula is C13H18N2O2S. The van der Waals surface area contributed by atoms with E-state index in [-0.39, 0.29) is 11.8 Å². The zero-order valence-corrected chi connectivity index (χ0v) is 11.1. The van der Waals surface area contributed by atoms with Gasteiger partial charge < -0.3 is 15.2 Å². The highest BCUT2D eigenvalue weighted by Crippen LogP contribution is 2.41. The van der Waals surface area contributed by atoms with Crippen molar-refractivity contribution in [2.45, 2.75) is 41.4 Å². The second-order valence-corrected chi connectivity index (χ2v) is 6.10. The molecule has 98 valence electrons. The smallest absolute Gasteiger partial charge is 0.169 e. The van der Waals surface area contributed by atoms with Gasteiger partial charge in [0.2, 0.25) is 0 Å². The molecule has 3 rings (SSSR count). The van der Waals surface area contributed by atoms with Gasteiger partial charge in [0.25, 0.3) is 0 Å². The summed E-state index contributed by atoms with van der Waals surface area (Å²) in [6, 6.07) is 6.14. The summed E-state index contributed by atoms with van der Waals surface area (Å²) in [7, 11) is 0. The van der Waals surface area contributed by atoms with Crippen LogP contribution in [0.3, 0.4) is 0 Å². The summed E-state index contributed by atoms with van der Waals surface area (Å²) >= 11 is 1.74. The molecule has 2 N–H and O–H groups in total. The van der Waals surface area contributed by atoms with Crippen molar-refractivity contribution in [1.82, 2.24) is 4.98 Å². The molecule has 5 heteroatoms. The molecule has 18 heavy (non-hydrogen) atoms. The molecule has 1 aromatic heterocycles. The molecule has 2 heterocycles. The van der Waals surface area contributed by atoms with E-state index in [1.165, 1.54) is 0 Å². The van der Waals surface area contributed by atoms with E-state index in [0.29, 0.717) is 18.5 Å². The lowest BCUT2D eigenvalue weighted by Crippen LogP contribution is -2.47. The average molecular weight is 266 g/mol. The Labute approximate surface area is 111 Å². The highest BCUT2D eigenvalue weighted by molar-refractivity contribution is 7.99. The molecule has 0 aromatic carbocycles. The van der Waals surface area contributed by atoms with Gasteiger partial charge in [0.15, 0.2) is 5.79 Å². The van der Waals surface area contributed by atoms with Gasteiger partial charge in [-0.2, -0.15) is 0 Å². The number of pyridine rings is 1. The minimum absolute atomic E-state index is 0.190. The van der Waals surface area contributed by atoms with E-state index in [1.807, 2.05) is 24.4 Å². The lowest BCUT2D eigenvalue weighted by atomic mass is 9.90. The Morgan fingerprint density at radius 2 is 2.17 bits per heavy atom. The molecule has 0 amide bonds. The normalized spacial score (nSPS) is 30.7. The topological polar surface area (TPSA) is 57.4 Å². The molecular weight excluding hydrogens is 248 g/mol. The number of nitrogens with two attached hydrogens (primary N) is 1. The molecule has 2 atom stereocenters. The predicted molar refractivity (Wildman–Crippen MR) is 70.3 cm³/mol. The summed E-state index contributed by atoms with van der Waals surface area (Å²) in [5.74, 6) is -0.373. The molecule has 1 saturated heterocycles. The standard InChI is InChI=1S/C13H18N2O2S/c14-10-4-5-13(16-7-8-17-13)9-11(10)18-12-3-1-2-6-15-12/h1-3,6,10-11H,4-5,7-9,14H2. The van der Waals surface area contributed by atoms with Crippen LogP contribution in [-0.2, 0) is 9.47 Å². The maximum atomic E-state index is 6.22. The summed E-state index contributed by atoms with van der Waals surface area (Å²) in [5, 5.41) is 1.33. The van der Waals surface area contributed by atoms with Gasteiger partial charge in [0, 0.05) is 30.3 Å². The van der Waals surface area contributed by atoms with Crippen LogP contribution in [0.1, 0.15) is 19.3 Å². The van der Waals surface area contributed by atoms with Gasteiger partial charge in [-0.1, -0.05) is 6.07 Å². The van der Waals surface area contributed by atoms with Crippen LogP contribution in [0.2, 0.25) is 0 Å². The molecule has 1 aliphatic carbocycles. The summed E-state index contributed by atoms with van der Waals surface area (Å²) in [5.41, 5.74) is 6.22. The van der Waals surface area contributed by atoms with Crippen LogP contribution < -0.4 is 5.73 Å². The molecule has 1 spiro atoms. The van der Waals surface area contributed by atoms with Gasteiger partial charge in [-0.25, -0.2) is 4.98 Å². The van der Waals surface area contributed by atoms with Crippen molar-refractivity contribution in [2.24, 2.45) is 5.73 Å². The molecule has 1 aromatic rings. The van der Waals surface area contributed by atoms with Gasteiger partial charge in [0.05, 0.1) is 18.2 Å². The van der Waals surface area contributed by atoms with Crippen LogP contribution in [0.5, 0.6) is 0 Å². The molecule has 4 nitrogen and oxygen atoms in total. The first-order valence-corrected chi connectivity index (χ1v) is 7.27. The van der Waals surface area contributed by atoms with Crippen LogP contribution in [-0.4, -0.2) is 35.3 Å². The van der Waals surface area contributed by atoms with Crippen LogP contribution in [0, 0.1) is 0 Å². The number of rotatable bonds is 2. The van der Waals surface area contributed by atoms with E-state index in [9.17, 15) is 0 Å².